The molecule has 0 bridgehead atoms. The molecule has 0 aliphatic rings. The number of allylic oxidation sites excluding steroid dienone is 1. The molecule has 0 saturated carbocycles. The van der Waals surface area contributed by atoms with E-state index in [4.69, 9.17) is 9.84 Å². The lowest BCUT2D eigenvalue weighted by atomic mass is 10.0. The minimum absolute atomic E-state index is 0.0686. The van der Waals surface area contributed by atoms with Crippen LogP contribution in [0, 0.1) is 0 Å². The lowest BCUT2D eigenvalue weighted by Gasteiger charge is -2.10. The van der Waals surface area contributed by atoms with Crippen LogP contribution in [0.15, 0.2) is 42.5 Å². The molecular weight excluding hydrogens is 368 g/mol. The van der Waals surface area contributed by atoms with Crippen molar-refractivity contribution in [2.75, 3.05) is 7.11 Å². The molecule has 28 heavy (non-hydrogen) atoms. The van der Waals surface area contributed by atoms with Crippen LogP contribution in [0.1, 0.15) is 31.8 Å². The average molecular weight is 386 g/mol. The van der Waals surface area contributed by atoms with Crippen LogP contribution < -0.4 is 4.74 Å². The van der Waals surface area contributed by atoms with Crippen LogP contribution in [0.2, 0.25) is 0 Å². The summed E-state index contributed by atoms with van der Waals surface area (Å²) in [5.41, 5.74) is 1.03. The van der Waals surface area contributed by atoms with Crippen molar-refractivity contribution in [1.29, 1.82) is 0 Å². The van der Waals surface area contributed by atoms with Gasteiger partial charge >= 0.3 is 11.9 Å². The van der Waals surface area contributed by atoms with E-state index in [1.165, 1.54) is 31.4 Å². The van der Waals surface area contributed by atoms with Crippen molar-refractivity contribution in [3.63, 3.8) is 0 Å². The lowest BCUT2D eigenvalue weighted by molar-refractivity contribution is -0.143. The minimum Gasteiger partial charge on any atom is -0.504 e. The van der Waals surface area contributed by atoms with E-state index < -0.39 is 23.8 Å². The van der Waals surface area contributed by atoms with Gasteiger partial charge in [-0.1, -0.05) is 42.5 Å². The summed E-state index contributed by atoms with van der Waals surface area (Å²) in [4.78, 5) is 33.9. The molecule has 2 aromatic rings. The Labute approximate surface area is 159 Å². The van der Waals surface area contributed by atoms with Crippen molar-refractivity contribution in [3.05, 3.63) is 64.7 Å². The van der Waals surface area contributed by atoms with Crippen LogP contribution in [0.5, 0.6) is 11.5 Å². The van der Waals surface area contributed by atoms with Crippen LogP contribution in [0.3, 0.4) is 0 Å². The second-order valence-electron chi connectivity index (χ2n) is 5.80. The number of aliphatic carboxylic acids is 1. The Morgan fingerprint density at radius 2 is 1.71 bits per heavy atom. The number of hydrogen-bond acceptors (Lipinski definition) is 6. The third kappa shape index (κ3) is 4.54. The number of rotatable bonds is 8. The zero-order chi connectivity index (χ0) is 20.8. The first-order chi connectivity index (χ1) is 13.3. The predicted molar refractivity (Wildman–Crippen MR) is 98.8 cm³/mol. The third-order valence-electron chi connectivity index (χ3n) is 3.96. The van der Waals surface area contributed by atoms with E-state index >= 15 is 0 Å². The molecule has 0 fully saturated rings. The Kier molecular flexibility index (Phi) is 6.51. The van der Waals surface area contributed by atoms with Crippen LogP contribution >= 0.6 is 0 Å². The van der Waals surface area contributed by atoms with Gasteiger partial charge in [0.2, 0.25) is 11.9 Å². The van der Waals surface area contributed by atoms with E-state index in [9.17, 15) is 29.7 Å². The quantitative estimate of drug-likeness (QED) is 0.399. The van der Waals surface area contributed by atoms with E-state index in [1.54, 1.807) is 24.3 Å². The molecule has 0 aliphatic heterocycles. The number of Topliss-reactive ketones (excluding diaryl/α,β-unsaturated/α-hetero) is 1. The molecule has 1 unspecified atom stereocenters. The number of phenolic OH excluding ortho intramolecular Hbond substituents is 1. The average Bonchev–Trinajstić information content (AvgIpc) is 2.67. The maximum atomic E-state index is 11.8. The number of aromatic hydroxyl groups is 1. The third-order valence-corrected chi connectivity index (χ3v) is 3.96. The number of aromatic carboxylic acids is 1. The SMILES string of the molecule is COc1c(O)ccc(C=CCc2ccc(C(=O)C(O)C(=O)O)cc2)c1C(=O)O. The summed E-state index contributed by atoms with van der Waals surface area (Å²) in [6, 6.07) is 8.79. The van der Waals surface area contributed by atoms with Gasteiger partial charge in [-0.25, -0.2) is 9.59 Å². The molecule has 4 N–H and O–H groups in total. The number of benzene rings is 2. The largest absolute Gasteiger partial charge is 0.504 e. The summed E-state index contributed by atoms with van der Waals surface area (Å²) >= 11 is 0. The Hall–Kier alpha value is -3.65. The first-order valence-electron chi connectivity index (χ1n) is 8.10. The number of ketones is 1. The van der Waals surface area contributed by atoms with Crippen LogP contribution in [-0.2, 0) is 11.2 Å². The molecule has 0 aromatic heterocycles. The molecule has 146 valence electrons. The summed E-state index contributed by atoms with van der Waals surface area (Å²) in [6.07, 6.45) is 1.56. The van der Waals surface area contributed by atoms with Crippen molar-refractivity contribution >= 4 is 23.8 Å². The van der Waals surface area contributed by atoms with Crippen molar-refractivity contribution in [3.8, 4) is 11.5 Å². The summed E-state index contributed by atoms with van der Waals surface area (Å²) in [7, 11) is 1.26. The number of carboxylic acids is 2. The fourth-order valence-corrected chi connectivity index (χ4v) is 2.55. The maximum Gasteiger partial charge on any atom is 0.340 e. The van der Waals surface area contributed by atoms with Gasteiger partial charge in [-0.05, 0) is 23.6 Å². The lowest BCUT2D eigenvalue weighted by Crippen LogP contribution is -2.29. The molecule has 2 rings (SSSR count). The Balaban J connectivity index is 2.17. The van der Waals surface area contributed by atoms with Gasteiger partial charge in [0, 0.05) is 5.56 Å². The van der Waals surface area contributed by atoms with E-state index in [1.807, 2.05) is 0 Å². The monoisotopic (exact) mass is 386 g/mol. The zero-order valence-electron chi connectivity index (χ0n) is 14.8. The topological polar surface area (TPSA) is 141 Å². The highest BCUT2D eigenvalue weighted by molar-refractivity contribution is 6.10. The molecule has 8 heteroatoms. The van der Waals surface area contributed by atoms with Gasteiger partial charge < -0.3 is 25.2 Å². The normalized spacial score (nSPS) is 11.9. The number of aliphatic hydroxyl groups is 1. The minimum atomic E-state index is -2.11. The molecule has 2 aromatic carbocycles. The number of carbonyl (C=O) groups excluding carboxylic acids is 1. The highest BCUT2D eigenvalue weighted by atomic mass is 16.5. The molecule has 8 nitrogen and oxygen atoms in total. The van der Waals surface area contributed by atoms with Gasteiger partial charge in [0.25, 0.3) is 0 Å². The van der Waals surface area contributed by atoms with Gasteiger partial charge in [-0.2, -0.15) is 0 Å². The van der Waals surface area contributed by atoms with Gasteiger partial charge in [-0.3, -0.25) is 4.79 Å². The number of ether oxygens (including phenoxy) is 1. The van der Waals surface area contributed by atoms with Gasteiger partial charge in [0.05, 0.1) is 7.11 Å². The first kappa shape index (κ1) is 20.7. The second-order valence-corrected chi connectivity index (χ2v) is 5.80. The van der Waals surface area contributed by atoms with Crippen molar-refractivity contribution < 1.29 is 39.5 Å². The Morgan fingerprint density at radius 1 is 1.07 bits per heavy atom. The van der Waals surface area contributed by atoms with E-state index in [2.05, 4.69) is 0 Å². The highest BCUT2D eigenvalue weighted by Crippen LogP contribution is 2.33. The molecule has 0 amide bonds. The summed E-state index contributed by atoms with van der Waals surface area (Å²) < 4.78 is 4.96. The number of hydrogen-bond donors (Lipinski definition) is 4. The molecule has 1 atom stereocenters. The molecule has 0 saturated heterocycles. The van der Waals surface area contributed by atoms with Gasteiger partial charge in [-0.15, -0.1) is 0 Å². The Morgan fingerprint density at radius 3 is 2.25 bits per heavy atom. The number of aliphatic hydroxyl groups excluding tert-OH is 1. The first-order valence-corrected chi connectivity index (χ1v) is 8.10. The van der Waals surface area contributed by atoms with E-state index in [-0.39, 0.29) is 22.6 Å². The molecule has 0 radical (unpaired) electrons. The summed E-state index contributed by atoms with van der Waals surface area (Å²) in [5, 5.41) is 37.0. The van der Waals surface area contributed by atoms with Crippen molar-refractivity contribution in [1.82, 2.24) is 0 Å². The number of methoxy groups -OCH3 is 1. The van der Waals surface area contributed by atoms with Crippen LogP contribution in [-0.4, -0.2) is 51.4 Å². The summed E-state index contributed by atoms with van der Waals surface area (Å²) in [6.45, 7) is 0. The Bertz CT molecular complexity index is 928. The summed E-state index contributed by atoms with van der Waals surface area (Å²) in [5.74, 6) is -4.17. The predicted octanol–water partition coefficient (Wildman–Crippen LogP) is 1.98. The molecule has 0 heterocycles. The van der Waals surface area contributed by atoms with Crippen molar-refractivity contribution in [2.24, 2.45) is 0 Å². The standard InChI is InChI=1S/C20H18O8/c1-28-18-14(21)10-9-12(15(18)19(24)25)4-2-3-11-5-7-13(8-6-11)16(22)17(23)20(26)27/h2,4-10,17,21,23H,3H2,1H3,(H,24,25)(H,26,27). The fraction of sp³-hybridized carbons (Fsp3) is 0.150. The van der Waals surface area contributed by atoms with E-state index in [0.717, 1.165) is 5.56 Å². The zero-order valence-corrected chi connectivity index (χ0v) is 14.8. The molecular formula is C20H18O8. The fourth-order valence-electron chi connectivity index (χ4n) is 2.55. The van der Waals surface area contributed by atoms with Crippen LogP contribution in [0.4, 0.5) is 0 Å². The molecule has 0 spiro atoms. The van der Waals surface area contributed by atoms with Gasteiger partial charge in [0.15, 0.2) is 11.5 Å². The molecule has 0 aliphatic carbocycles. The number of carboxylic acid groups (broad SMARTS) is 2. The maximum absolute atomic E-state index is 11.8. The van der Waals surface area contributed by atoms with Crippen molar-refractivity contribution in [2.45, 2.75) is 12.5 Å². The smallest absolute Gasteiger partial charge is 0.340 e. The van der Waals surface area contributed by atoms with Gasteiger partial charge in [0.1, 0.15) is 5.56 Å². The van der Waals surface area contributed by atoms with E-state index in [0.29, 0.717) is 12.0 Å². The number of phenols is 1. The second kappa shape index (κ2) is 8.83. The highest BCUT2D eigenvalue weighted by Gasteiger charge is 2.24. The van der Waals surface area contributed by atoms with Crippen LogP contribution in [0.25, 0.3) is 6.08 Å². The number of carbonyl (C=O) groups is 3.